The van der Waals surface area contributed by atoms with E-state index in [1.807, 2.05) is 11.3 Å². The summed E-state index contributed by atoms with van der Waals surface area (Å²) < 4.78 is 5.04. The van der Waals surface area contributed by atoms with E-state index in [1.165, 1.54) is 75.4 Å². The van der Waals surface area contributed by atoms with Crippen molar-refractivity contribution in [3.05, 3.63) is 199 Å². The SMILES string of the molecule is C1=Cc2c(cccc2-c2ccc(N(c3ccc(-c4ccc5sc6ccccc6c5c4)cc3)c3ccc(-n4c5ccccc5c5ccccc54)cc3)cc2)CC1. The smallest absolute Gasteiger partial charge is 0.0541 e. The van der Waals surface area contributed by atoms with Crippen molar-refractivity contribution in [3.63, 3.8) is 0 Å². The number of rotatable bonds is 6. The first-order valence-corrected chi connectivity index (χ1v) is 19.9. The van der Waals surface area contributed by atoms with Gasteiger partial charge in [-0.1, -0.05) is 115 Å². The maximum absolute atomic E-state index is 2.38. The fourth-order valence-corrected chi connectivity index (χ4v) is 9.70. The summed E-state index contributed by atoms with van der Waals surface area (Å²) in [5, 5.41) is 5.19. The molecular weight excluding hydrogens is 685 g/mol. The van der Waals surface area contributed by atoms with E-state index in [4.69, 9.17) is 0 Å². The number of thiophene rings is 1. The van der Waals surface area contributed by atoms with E-state index in [1.54, 1.807) is 0 Å². The number of para-hydroxylation sites is 2. The van der Waals surface area contributed by atoms with Crippen LogP contribution in [-0.2, 0) is 6.42 Å². The van der Waals surface area contributed by atoms with Gasteiger partial charge in [0.15, 0.2) is 0 Å². The molecule has 1 aliphatic carbocycles. The molecule has 0 aliphatic heterocycles. The van der Waals surface area contributed by atoms with Gasteiger partial charge in [-0.15, -0.1) is 11.3 Å². The van der Waals surface area contributed by atoms with Crippen molar-refractivity contribution in [2.75, 3.05) is 4.90 Å². The zero-order valence-corrected chi connectivity index (χ0v) is 31.0. The zero-order chi connectivity index (χ0) is 36.3. The number of nitrogens with zero attached hydrogens (tertiary/aromatic N) is 2. The Morgan fingerprint density at radius 2 is 1.04 bits per heavy atom. The first kappa shape index (κ1) is 31.8. The molecule has 55 heavy (non-hydrogen) atoms. The molecule has 2 nitrogen and oxygen atoms in total. The minimum Gasteiger partial charge on any atom is -0.311 e. The van der Waals surface area contributed by atoms with E-state index in [9.17, 15) is 0 Å². The van der Waals surface area contributed by atoms with Crippen molar-refractivity contribution in [2.24, 2.45) is 0 Å². The Labute approximate surface area is 324 Å². The van der Waals surface area contributed by atoms with Crippen LogP contribution in [0.2, 0.25) is 0 Å². The maximum atomic E-state index is 2.38. The van der Waals surface area contributed by atoms with Gasteiger partial charge in [0.2, 0.25) is 0 Å². The van der Waals surface area contributed by atoms with Crippen LogP contribution in [0.25, 0.3) is 76.0 Å². The molecule has 0 saturated heterocycles. The van der Waals surface area contributed by atoms with E-state index in [-0.39, 0.29) is 0 Å². The van der Waals surface area contributed by atoms with Gasteiger partial charge in [0.05, 0.1) is 11.0 Å². The summed E-state index contributed by atoms with van der Waals surface area (Å²) in [4.78, 5) is 2.37. The molecule has 0 saturated carbocycles. The molecule has 0 radical (unpaired) electrons. The summed E-state index contributed by atoms with van der Waals surface area (Å²) in [5.41, 5.74) is 14.7. The molecule has 0 amide bonds. The summed E-state index contributed by atoms with van der Waals surface area (Å²) in [5.74, 6) is 0. The molecule has 0 unspecified atom stereocenters. The van der Waals surface area contributed by atoms with Crippen LogP contribution in [0, 0.1) is 0 Å². The molecule has 0 bridgehead atoms. The van der Waals surface area contributed by atoms with Gasteiger partial charge >= 0.3 is 0 Å². The Balaban J connectivity index is 1.00. The van der Waals surface area contributed by atoms with Gasteiger partial charge in [0, 0.05) is 53.7 Å². The number of aromatic nitrogens is 1. The lowest BCUT2D eigenvalue weighted by atomic mass is 9.90. The minimum absolute atomic E-state index is 1.10. The Hall–Kier alpha value is -6.68. The number of hydrogen-bond donors (Lipinski definition) is 0. The molecule has 0 fully saturated rings. The molecule has 11 rings (SSSR count). The fraction of sp³-hybridized carbons (Fsp3) is 0.0385. The highest BCUT2D eigenvalue weighted by atomic mass is 32.1. The summed E-state index contributed by atoms with van der Waals surface area (Å²) in [6, 6.07) is 66.9. The lowest BCUT2D eigenvalue weighted by Crippen LogP contribution is -2.10. The topological polar surface area (TPSA) is 8.17 Å². The molecule has 10 aromatic rings. The minimum atomic E-state index is 1.10. The van der Waals surface area contributed by atoms with E-state index in [0.717, 1.165) is 35.6 Å². The summed E-state index contributed by atoms with van der Waals surface area (Å²) in [7, 11) is 0. The predicted octanol–water partition coefficient (Wildman–Crippen LogP) is 14.9. The van der Waals surface area contributed by atoms with E-state index in [2.05, 4.69) is 204 Å². The lowest BCUT2D eigenvalue weighted by Gasteiger charge is -2.26. The number of hydrogen-bond acceptors (Lipinski definition) is 2. The second-order valence-corrected chi connectivity index (χ2v) is 15.5. The van der Waals surface area contributed by atoms with Crippen LogP contribution in [0.5, 0.6) is 0 Å². The largest absolute Gasteiger partial charge is 0.311 e. The van der Waals surface area contributed by atoms with Gasteiger partial charge in [-0.2, -0.15) is 0 Å². The first-order valence-electron chi connectivity index (χ1n) is 19.1. The third kappa shape index (κ3) is 5.39. The molecule has 1 aliphatic rings. The number of aryl methyl sites for hydroxylation is 1. The highest BCUT2D eigenvalue weighted by Gasteiger charge is 2.17. The van der Waals surface area contributed by atoms with Crippen LogP contribution in [0.4, 0.5) is 17.1 Å². The third-order valence-corrected chi connectivity index (χ3v) is 12.4. The highest BCUT2D eigenvalue weighted by Crippen LogP contribution is 2.41. The summed E-state index contributed by atoms with van der Waals surface area (Å²) in [6.07, 6.45) is 6.81. The van der Waals surface area contributed by atoms with Crippen molar-refractivity contribution in [3.8, 4) is 27.9 Å². The molecule has 0 atom stereocenters. The lowest BCUT2D eigenvalue weighted by molar-refractivity contribution is 0.986. The highest BCUT2D eigenvalue weighted by molar-refractivity contribution is 7.25. The number of anilines is 3. The van der Waals surface area contributed by atoms with Gasteiger partial charge in [-0.05, 0) is 125 Å². The van der Waals surface area contributed by atoms with Crippen LogP contribution in [0.3, 0.4) is 0 Å². The van der Waals surface area contributed by atoms with Crippen LogP contribution in [0.15, 0.2) is 188 Å². The molecule has 0 spiro atoms. The maximum Gasteiger partial charge on any atom is 0.0541 e. The number of benzene rings is 8. The van der Waals surface area contributed by atoms with Crippen molar-refractivity contribution in [1.29, 1.82) is 0 Å². The second kappa shape index (κ2) is 13.0. The van der Waals surface area contributed by atoms with Gasteiger partial charge < -0.3 is 9.47 Å². The predicted molar refractivity (Wildman–Crippen MR) is 237 cm³/mol. The summed E-state index contributed by atoms with van der Waals surface area (Å²) in [6.45, 7) is 0. The van der Waals surface area contributed by atoms with E-state index >= 15 is 0 Å². The van der Waals surface area contributed by atoms with Crippen molar-refractivity contribution >= 4 is 76.5 Å². The standard InChI is InChI=1S/C52H36N2S/c1-2-12-43-36(10-1)11-9-16-44(43)37-22-27-40(28-23-37)53(39-25-20-35(21-26-39)38-24-33-52-48(34-38)47-15-5-8-19-51(47)55-52)41-29-31-42(32-30-41)54-49-17-6-3-13-45(49)46-14-4-7-18-50(46)54/h2-9,11-34H,1,10H2. The Morgan fingerprint density at radius 3 is 1.75 bits per heavy atom. The Kier molecular flexibility index (Phi) is 7.53. The van der Waals surface area contributed by atoms with Gasteiger partial charge in [-0.25, -0.2) is 0 Å². The van der Waals surface area contributed by atoms with Crippen LogP contribution >= 0.6 is 11.3 Å². The third-order valence-electron chi connectivity index (χ3n) is 11.3. The first-order chi connectivity index (χ1) is 27.3. The molecule has 2 aromatic heterocycles. The average Bonchev–Trinajstić information content (AvgIpc) is 3.80. The van der Waals surface area contributed by atoms with Crippen molar-refractivity contribution < 1.29 is 0 Å². The number of allylic oxidation sites excluding steroid dienone is 1. The molecule has 3 heteroatoms. The van der Waals surface area contributed by atoms with Crippen molar-refractivity contribution in [1.82, 2.24) is 4.57 Å². The van der Waals surface area contributed by atoms with Gasteiger partial charge in [0.25, 0.3) is 0 Å². The molecule has 0 N–H and O–H groups in total. The number of fused-ring (bicyclic) bond motifs is 7. The Bertz CT molecular complexity index is 3020. The molecule has 2 heterocycles. The van der Waals surface area contributed by atoms with Crippen LogP contribution in [0.1, 0.15) is 17.5 Å². The molecule has 260 valence electrons. The van der Waals surface area contributed by atoms with Crippen molar-refractivity contribution in [2.45, 2.75) is 12.8 Å². The van der Waals surface area contributed by atoms with E-state index in [0.29, 0.717) is 0 Å². The summed E-state index contributed by atoms with van der Waals surface area (Å²) >= 11 is 1.86. The average molecular weight is 721 g/mol. The monoisotopic (exact) mass is 720 g/mol. The molecule has 8 aromatic carbocycles. The molecular formula is C52H36N2S. The second-order valence-electron chi connectivity index (χ2n) is 14.4. The van der Waals surface area contributed by atoms with E-state index < -0.39 is 0 Å². The zero-order valence-electron chi connectivity index (χ0n) is 30.2. The van der Waals surface area contributed by atoms with Gasteiger partial charge in [-0.3, -0.25) is 0 Å². The normalized spacial score (nSPS) is 12.5. The van der Waals surface area contributed by atoms with Gasteiger partial charge in [0.1, 0.15) is 0 Å². The van der Waals surface area contributed by atoms with Crippen LogP contribution in [-0.4, -0.2) is 4.57 Å². The fourth-order valence-electron chi connectivity index (χ4n) is 8.62. The van der Waals surface area contributed by atoms with Crippen LogP contribution < -0.4 is 4.90 Å². The quantitative estimate of drug-likeness (QED) is 0.166. The Morgan fingerprint density at radius 1 is 0.455 bits per heavy atom.